The molecule has 7 heteroatoms. The number of hydrogen-bond acceptors (Lipinski definition) is 3. The molecule has 0 atom stereocenters. The summed E-state index contributed by atoms with van der Waals surface area (Å²) >= 11 is 1.24. The second-order valence-electron chi connectivity index (χ2n) is 4.73. The zero-order valence-corrected chi connectivity index (χ0v) is 12.7. The van der Waals surface area contributed by atoms with Crippen molar-refractivity contribution in [2.24, 2.45) is 4.99 Å². The highest BCUT2D eigenvalue weighted by molar-refractivity contribution is 7.07. The molecule has 0 saturated carbocycles. The lowest BCUT2D eigenvalue weighted by molar-refractivity contribution is 0.0996. The van der Waals surface area contributed by atoms with Gasteiger partial charge in [0.2, 0.25) is 0 Å². The molecular formula is C16H12FN3O2S. The minimum Gasteiger partial charge on any atom is -0.328 e. The van der Waals surface area contributed by atoms with Crippen LogP contribution in [0.15, 0.2) is 64.0 Å². The van der Waals surface area contributed by atoms with Crippen LogP contribution in [0.2, 0.25) is 0 Å². The summed E-state index contributed by atoms with van der Waals surface area (Å²) in [5, 5.41) is 1.75. The van der Waals surface area contributed by atoms with Gasteiger partial charge in [-0.2, -0.15) is 4.99 Å². The maximum absolute atomic E-state index is 13.7. The number of thiazole rings is 1. The van der Waals surface area contributed by atoms with Gasteiger partial charge in [0.15, 0.2) is 4.80 Å². The van der Waals surface area contributed by atoms with E-state index in [9.17, 15) is 14.0 Å². The number of benzene rings is 1. The van der Waals surface area contributed by atoms with Crippen LogP contribution >= 0.6 is 11.3 Å². The summed E-state index contributed by atoms with van der Waals surface area (Å²) in [5.41, 5.74) is -0.0193. The molecule has 0 unspecified atom stereocenters. The fourth-order valence-electron chi connectivity index (χ4n) is 2.05. The van der Waals surface area contributed by atoms with E-state index in [2.05, 4.69) is 9.98 Å². The molecule has 5 nitrogen and oxygen atoms in total. The summed E-state index contributed by atoms with van der Waals surface area (Å²) in [6.45, 7) is 0.257. The molecule has 1 N–H and O–H groups in total. The van der Waals surface area contributed by atoms with E-state index in [4.69, 9.17) is 0 Å². The molecule has 0 radical (unpaired) electrons. The van der Waals surface area contributed by atoms with E-state index in [1.807, 2.05) is 0 Å². The van der Waals surface area contributed by atoms with Crippen LogP contribution in [-0.4, -0.2) is 15.5 Å². The monoisotopic (exact) mass is 329 g/mol. The average molecular weight is 329 g/mol. The molecule has 3 aromatic rings. The van der Waals surface area contributed by atoms with Gasteiger partial charge in [0.25, 0.3) is 11.5 Å². The summed E-state index contributed by atoms with van der Waals surface area (Å²) in [6.07, 6.45) is 3.17. The molecule has 0 aliphatic carbocycles. The minimum atomic E-state index is -0.628. The van der Waals surface area contributed by atoms with Crippen molar-refractivity contribution in [3.63, 3.8) is 0 Å². The Balaban J connectivity index is 1.95. The Hall–Kier alpha value is -2.80. The molecule has 0 spiro atoms. The van der Waals surface area contributed by atoms with E-state index >= 15 is 0 Å². The van der Waals surface area contributed by atoms with Crippen molar-refractivity contribution in [2.45, 2.75) is 6.54 Å². The number of halogens is 1. The van der Waals surface area contributed by atoms with Gasteiger partial charge < -0.3 is 9.55 Å². The van der Waals surface area contributed by atoms with Crippen LogP contribution in [0, 0.1) is 5.82 Å². The number of carbonyl (C=O) groups excluding carboxylic acids is 1. The highest BCUT2D eigenvalue weighted by Gasteiger charge is 2.09. The molecule has 0 aliphatic rings. The SMILES string of the molecule is O=C(N=c1sccn1Cc1ccccc1F)c1ccc[nH]c1=O. The maximum Gasteiger partial charge on any atom is 0.285 e. The summed E-state index contributed by atoms with van der Waals surface area (Å²) in [5.74, 6) is -0.945. The van der Waals surface area contributed by atoms with Gasteiger partial charge in [-0.25, -0.2) is 4.39 Å². The van der Waals surface area contributed by atoms with E-state index in [0.717, 1.165) is 0 Å². The van der Waals surface area contributed by atoms with Crippen molar-refractivity contribution in [3.8, 4) is 0 Å². The fraction of sp³-hybridized carbons (Fsp3) is 0.0625. The second kappa shape index (κ2) is 6.53. The van der Waals surface area contributed by atoms with Crippen LogP contribution in [0.3, 0.4) is 0 Å². The lowest BCUT2D eigenvalue weighted by atomic mass is 10.2. The third kappa shape index (κ3) is 3.35. The Bertz CT molecular complexity index is 971. The van der Waals surface area contributed by atoms with Crippen LogP contribution in [0.4, 0.5) is 4.39 Å². The number of carbonyl (C=O) groups is 1. The lowest BCUT2D eigenvalue weighted by Crippen LogP contribution is -2.21. The van der Waals surface area contributed by atoms with Gasteiger partial charge in [-0.3, -0.25) is 9.59 Å². The van der Waals surface area contributed by atoms with Gasteiger partial charge in [0, 0.05) is 23.3 Å². The molecule has 0 bridgehead atoms. The first-order valence-corrected chi connectivity index (χ1v) is 7.67. The molecular weight excluding hydrogens is 317 g/mol. The second-order valence-corrected chi connectivity index (χ2v) is 5.61. The summed E-state index contributed by atoms with van der Waals surface area (Å²) in [7, 11) is 0. The Morgan fingerprint density at radius 3 is 2.87 bits per heavy atom. The third-order valence-electron chi connectivity index (χ3n) is 3.20. The molecule has 2 aromatic heterocycles. The largest absolute Gasteiger partial charge is 0.328 e. The van der Waals surface area contributed by atoms with E-state index in [1.54, 1.807) is 40.4 Å². The number of pyridine rings is 1. The number of nitrogens with zero attached hydrogens (tertiary/aromatic N) is 2. The van der Waals surface area contributed by atoms with Gasteiger partial charge in [-0.1, -0.05) is 18.2 Å². The quantitative estimate of drug-likeness (QED) is 0.800. The zero-order chi connectivity index (χ0) is 16.2. The smallest absolute Gasteiger partial charge is 0.285 e. The van der Waals surface area contributed by atoms with E-state index in [-0.39, 0.29) is 17.9 Å². The highest BCUT2D eigenvalue weighted by Crippen LogP contribution is 2.08. The van der Waals surface area contributed by atoms with E-state index in [0.29, 0.717) is 10.4 Å². The van der Waals surface area contributed by atoms with Crippen LogP contribution in [-0.2, 0) is 6.54 Å². The molecule has 23 heavy (non-hydrogen) atoms. The molecule has 0 aliphatic heterocycles. The van der Waals surface area contributed by atoms with E-state index < -0.39 is 11.5 Å². The molecule has 116 valence electrons. The summed E-state index contributed by atoms with van der Waals surface area (Å²) in [6, 6.07) is 9.40. The molecule has 1 amide bonds. The predicted molar refractivity (Wildman–Crippen MR) is 84.8 cm³/mol. The zero-order valence-electron chi connectivity index (χ0n) is 11.9. The Morgan fingerprint density at radius 1 is 1.26 bits per heavy atom. The Morgan fingerprint density at radius 2 is 2.09 bits per heavy atom. The summed E-state index contributed by atoms with van der Waals surface area (Å²) in [4.78, 5) is 30.6. The molecule has 3 rings (SSSR count). The molecule has 0 saturated heterocycles. The van der Waals surface area contributed by atoms with Crippen molar-refractivity contribution >= 4 is 17.2 Å². The standard InChI is InChI=1S/C16H12FN3O2S/c17-13-6-2-1-4-11(13)10-20-8-9-23-16(20)19-15(22)12-5-3-7-18-14(12)21/h1-9H,10H2,(H,18,21). The predicted octanol–water partition coefficient (Wildman–Crippen LogP) is 2.17. The van der Waals surface area contributed by atoms with Crippen LogP contribution < -0.4 is 10.4 Å². The number of aromatic amines is 1. The highest BCUT2D eigenvalue weighted by atomic mass is 32.1. The first-order chi connectivity index (χ1) is 11.1. The van der Waals surface area contributed by atoms with Gasteiger partial charge in [0.1, 0.15) is 11.4 Å². The van der Waals surface area contributed by atoms with Crippen LogP contribution in [0.1, 0.15) is 15.9 Å². The molecule has 2 heterocycles. The first-order valence-electron chi connectivity index (χ1n) is 6.79. The lowest BCUT2D eigenvalue weighted by Gasteiger charge is -2.04. The topological polar surface area (TPSA) is 67.2 Å². The number of nitrogens with one attached hydrogen (secondary N) is 1. The van der Waals surface area contributed by atoms with Gasteiger partial charge >= 0.3 is 0 Å². The number of aromatic nitrogens is 2. The van der Waals surface area contributed by atoms with Gasteiger partial charge in [0.05, 0.1) is 6.54 Å². The van der Waals surface area contributed by atoms with Gasteiger partial charge in [-0.05, 0) is 18.2 Å². The van der Waals surface area contributed by atoms with Crippen LogP contribution in [0.5, 0.6) is 0 Å². The van der Waals surface area contributed by atoms with Crippen LogP contribution in [0.25, 0.3) is 0 Å². The maximum atomic E-state index is 13.7. The minimum absolute atomic E-state index is 0.0293. The number of H-pyrrole nitrogens is 1. The number of hydrogen-bond donors (Lipinski definition) is 1. The first kappa shape index (κ1) is 15.1. The van der Waals surface area contributed by atoms with Crippen molar-refractivity contribution in [2.75, 3.05) is 0 Å². The molecule has 0 fully saturated rings. The fourth-order valence-corrected chi connectivity index (χ4v) is 2.78. The van der Waals surface area contributed by atoms with Crippen molar-refractivity contribution in [1.29, 1.82) is 0 Å². The van der Waals surface area contributed by atoms with Crippen molar-refractivity contribution in [3.05, 3.63) is 86.3 Å². The third-order valence-corrected chi connectivity index (χ3v) is 4.00. The summed E-state index contributed by atoms with van der Waals surface area (Å²) < 4.78 is 15.4. The Kier molecular flexibility index (Phi) is 4.29. The normalized spacial score (nSPS) is 11.6. The molecule has 1 aromatic carbocycles. The van der Waals surface area contributed by atoms with Gasteiger partial charge in [-0.15, -0.1) is 11.3 Å². The van der Waals surface area contributed by atoms with Crippen molar-refractivity contribution in [1.82, 2.24) is 9.55 Å². The van der Waals surface area contributed by atoms with Crippen molar-refractivity contribution < 1.29 is 9.18 Å². The number of rotatable bonds is 3. The Labute approximate surface area is 134 Å². The van der Waals surface area contributed by atoms with E-state index in [1.165, 1.54) is 29.7 Å². The number of amides is 1. The average Bonchev–Trinajstić information content (AvgIpc) is 2.97.